The van der Waals surface area contributed by atoms with E-state index in [0.717, 1.165) is 11.1 Å². The van der Waals surface area contributed by atoms with Crippen LogP contribution in [0.25, 0.3) is 11.4 Å². The fraction of sp³-hybridized carbons (Fsp3) is 0.211. The van der Waals surface area contributed by atoms with E-state index in [-0.39, 0.29) is 18.4 Å². The number of carbonyl (C=O) groups is 1. The monoisotopic (exact) mass is 355 g/mol. The lowest BCUT2D eigenvalue weighted by molar-refractivity contribution is -0.121. The Labute approximate surface area is 151 Å². The molecule has 1 atom stereocenters. The molecule has 0 aliphatic rings. The number of amides is 1. The first kappa shape index (κ1) is 17.2. The van der Waals surface area contributed by atoms with Gasteiger partial charge in [-0.05, 0) is 24.6 Å². The number of carbonyl (C=O) groups excluding carboxylic acids is 1. The highest BCUT2D eigenvalue weighted by molar-refractivity contribution is 6.30. The van der Waals surface area contributed by atoms with E-state index in [1.165, 1.54) is 0 Å². The summed E-state index contributed by atoms with van der Waals surface area (Å²) in [5.74, 6) is 0.902. The molecule has 1 unspecified atom stereocenters. The lowest BCUT2D eigenvalue weighted by Crippen LogP contribution is -2.26. The van der Waals surface area contributed by atoms with E-state index in [1.54, 1.807) is 6.07 Å². The highest BCUT2D eigenvalue weighted by Gasteiger charge is 2.13. The van der Waals surface area contributed by atoms with Crippen LogP contribution in [-0.4, -0.2) is 16.0 Å². The third kappa shape index (κ3) is 4.67. The highest BCUT2D eigenvalue weighted by Crippen LogP contribution is 2.18. The van der Waals surface area contributed by atoms with Crippen LogP contribution in [0.3, 0.4) is 0 Å². The van der Waals surface area contributed by atoms with Gasteiger partial charge in [0.25, 0.3) is 0 Å². The second-order valence-electron chi connectivity index (χ2n) is 5.72. The molecule has 0 aliphatic heterocycles. The quantitative estimate of drug-likeness (QED) is 0.719. The van der Waals surface area contributed by atoms with Gasteiger partial charge < -0.3 is 9.84 Å². The van der Waals surface area contributed by atoms with Crippen molar-refractivity contribution < 1.29 is 9.32 Å². The smallest absolute Gasteiger partial charge is 0.227 e. The average Bonchev–Trinajstić information content (AvgIpc) is 3.10. The Morgan fingerprint density at radius 2 is 2.00 bits per heavy atom. The molecule has 0 spiro atoms. The Morgan fingerprint density at radius 1 is 1.20 bits per heavy atom. The van der Waals surface area contributed by atoms with Gasteiger partial charge >= 0.3 is 0 Å². The average molecular weight is 356 g/mol. The van der Waals surface area contributed by atoms with E-state index >= 15 is 0 Å². The molecule has 1 N–H and O–H groups in total. The maximum Gasteiger partial charge on any atom is 0.227 e. The van der Waals surface area contributed by atoms with E-state index in [9.17, 15) is 4.79 Å². The standard InChI is InChI=1S/C19H18ClN3O2/c1-13(15-8-5-9-16(20)12-15)21-17(24)10-11-18-22-19(23-25-18)14-6-3-2-4-7-14/h2-9,12-13H,10-11H2,1H3,(H,21,24). The van der Waals surface area contributed by atoms with E-state index in [2.05, 4.69) is 15.5 Å². The number of benzene rings is 2. The Balaban J connectivity index is 1.53. The molecule has 0 bridgehead atoms. The van der Waals surface area contributed by atoms with Gasteiger partial charge in [0.1, 0.15) is 0 Å². The number of aromatic nitrogens is 2. The summed E-state index contributed by atoms with van der Waals surface area (Å²) in [6.45, 7) is 1.92. The summed E-state index contributed by atoms with van der Waals surface area (Å²) >= 11 is 5.98. The summed E-state index contributed by atoms with van der Waals surface area (Å²) in [4.78, 5) is 16.5. The Hall–Kier alpha value is -2.66. The van der Waals surface area contributed by atoms with Gasteiger partial charge in [0.05, 0.1) is 6.04 Å². The first-order valence-electron chi connectivity index (χ1n) is 8.04. The number of nitrogens with one attached hydrogen (secondary N) is 1. The molecule has 0 saturated heterocycles. The summed E-state index contributed by atoms with van der Waals surface area (Å²) in [6.07, 6.45) is 0.676. The first-order valence-corrected chi connectivity index (χ1v) is 8.42. The van der Waals surface area contributed by atoms with Crippen molar-refractivity contribution >= 4 is 17.5 Å². The van der Waals surface area contributed by atoms with Crippen molar-refractivity contribution in [3.05, 3.63) is 71.1 Å². The number of hydrogen-bond acceptors (Lipinski definition) is 4. The van der Waals surface area contributed by atoms with Crippen molar-refractivity contribution in [3.8, 4) is 11.4 Å². The van der Waals surface area contributed by atoms with Gasteiger partial charge in [-0.1, -0.05) is 59.2 Å². The van der Waals surface area contributed by atoms with Gasteiger partial charge in [0, 0.05) is 23.4 Å². The van der Waals surface area contributed by atoms with E-state index in [4.69, 9.17) is 16.1 Å². The van der Waals surface area contributed by atoms with Gasteiger partial charge in [0.2, 0.25) is 17.6 Å². The SMILES string of the molecule is CC(NC(=O)CCc1nc(-c2ccccc2)no1)c1cccc(Cl)c1. The van der Waals surface area contributed by atoms with Crippen LogP contribution in [0.2, 0.25) is 5.02 Å². The maximum absolute atomic E-state index is 12.1. The number of rotatable bonds is 6. The summed E-state index contributed by atoms with van der Waals surface area (Å²) in [5, 5.41) is 7.55. The third-order valence-electron chi connectivity index (χ3n) is 3.79. The van der Waals surface area contributed by atoms with Crippen molar-refractivity contribution in [2.75, 3.05) is 0 Å². The van der Waals surface area contributed by atoms with Crippen molar-refractivity contribution in [1.29, 1.82) is 0 Å². The predicted octanol–water partition coefficient (Wildman–Crippen LogP) is 4.20. The van der Waals surface area contributed by atoms with Crippen LogP contribution >= 0.6 is 11.6 Å². The van der Waals surface area contributed by atoms with Crippen LogP contribution in [-0.2, 0) is 11.2 Å². The molecule has 0 radical (unpaired) electrons. The van der Waals surface area contributed by atoms with Gasteiger partial charge in [-0.2, -0.15) is 4.98 Å². The van der Waals surface area contributed by atoms with Crippen molar-refractivity contribution in [1.82, 2.24) is 15.5 Å². The minimum Gasteiger partial charge on any atom is -0.350 e. The largest absolute Gasteiger partial charge is 0.350 e. The number of hydrogen-bond donors (Lipinski definition) is 1. The van der Waals surface area contributed by atoms with Crippen LogP contribution in [0.5, 0.6) is 0 Å². The molecule has 1 heterocycles. The summed E-state index contributed by atoms with van der Waals surface area (Å²) in [7, 11) is 0. The van der Waals surface area contributed by atoms with Gasteiger partial charge in [-0.3, -0.25) is 4.79 Å². The van der Waals surface area contributed by atoms with Crippen LogP contribution < -0.4 is 5.32 Å². The van der Waals surface area contributed by atoms with Crippen LogP contribution in [0.4, 0.5) is 0 Å². The minimum absolute atomic E-state index is 0.0769. The zero-order chi connectivity index (χ0) is 17.6. The van der Waals surface area contributed by atoms with E-state index in [0.29, 0.717) is 23.2 Å². The Kier molecular flexibility index (Phi) is 5.46. The zero-order valence-corrected chi connectivity index (χ0v) is 14.5. The van der Waals surface area contributed by atoms with E-state index < -0.39 is 0 Å². The fourth-order valence-corrected chi connectivity index (χ4v) is 2.65. The molecule has 1 aromatic heterocycles. The molecule has 3 rings (SSSR count). The summed E-state index contributed by atoms with van der Waals surface area (Å²) < 4.78 is 5.22. The van der Waals surface area contributed by atoms with Crippen LogP contribution in [0, 0.1) is 0 Å². The lowest BCUT2D eigenvalue weighted by Gasteiger charge is -2.14. The van der Waals surface area contributed by atoms with Crippen LogP contribution in [0.1, 0.15) is 30.8 Å². The second-order valence-corrected chi connectivity index (χ2v) is 6.16. The molecule has 0 aliphatic carbocycles. The summed E-state index contributed by atoms with van der Waals surface area (Å²) in [5.41, 5.74) is 1.85. The molecule has 25 heavy (non-hydrogen) atoms. The molecule has 3 aromatic rings. The number of nitrogens with zero attached hydrogens (tertiary/aromatic N) is 2. The molecule has 1 amide bonds. The second kappa shape index (κ2) is 7.94. The predicted molar refractivity (Wildman–Crippen MR) is 96.1 cm³/mol. The minimum atomic E-state index is -0.117. The number of halogens is 1. The molecule has 0 fully saturated rings. The zero-order valence-electron chi connectivity index (χ0n) is 13.8. The molecule has 0 saturated carbocycles. The lowest BCUT2D eigenvalue weighted by atomic mass is 10.1. The highest BCUT2D eigenvalue weighted by atomic mass is 35.5. The van der Waals surface area contributed by atoms with Crippen LogP contribution in [0.15, 0.2) is 59.1 Å². The fourth-order valence-electron chi connectivity index (χ4n) is 2.45. The normalized spacial score (nSPS) is 11.9. The van der Waals surface area contributed by atoms with E-state index in [1.807, 2.05) is 55.5 Å². The third-order valence-corrected chi connectivity index (χ3v) is 4.03. The van der Waals surface area contributed by atoms with Crippen molar-refractivity contribution in [2.24, 2.45) is 0 Å². The molecular formula is C19H18ClN3O2. The molecule has 128 valence electrons. The Morgan fingerprint density at radius 3 is 2.76 bits per heavy atom. The summed E-state index contributed by atoms with van der Waals surface area (Å²) in [6, 6.07) is 16.9. The van der Waals surface area contributed by atoms with Gasteiger partial charge in [-0.25, -0.2) is 0 Å². The molecule has 5 nitrogen and oxygen atoms in total. The van der Waals surface area contributed by atoms with Crippen molar-refractivity contribution in [2.45, 2.75) is 25.8 Å². The Bertz CT molecular complexity index is 849. The van der Waals surface area contributed by atoms with Crippen molar-refractivity contribution in [3.63, 3.8) is 0 Å². The molecule has 6 heteroatoms. The maximum atomic E-state index is 12.1. The topological polar surface area (TPSA) is 68.0 Å². The van der Waals surface area contributed by atoms with Gasteiger partial charge in [0.15, 0.2) is 0 Å². The van der Waals surface area contributed by atoms with Gasteiger partial charge in [-0.15, -0.1) is 0 Å². The molecular weight excluding hydrogens is 338 g/mol. The first-order chi connectivity index (χ1) is 12.1. The molecule has 2 aromatic carbocycles. The number of aryl methyl sites for hydroxylation is 1.